The van der Waals surface area contributed by atoms with Crippen LogP contribution in [0.4, 0.5) is 0 Å². The minimum absolute atomic E-state index is 0.000411. The van der Waals surface area contributed by atoms with Crippen LogP contribution >= 0.6 is 15.8 Å². The Bertz CT molecular complexity index is 914. The molecule has 0 spiro atoms. The summed E-state index contributed by atoms with van der Waals surface area (Å²) in [5.74, 6) is 0. The normalized spacial score (nSPS) is 27.3. The fourth-order valence-electron chi connectivity index (χ4n) is 5.43. The van der Waals surface area contributed by atoms with Crippen molar-refractivity contribution in [1.29, 1.82) is 0 Å². The fourth-order valence-corrected chi connectivity index (χ4v) is 14.9. The van der Waals surface area contributed by atoms with E-state index in [1.54, 1.807) is 10.6 Å². The zero-order valence-corrected chi connectivity index (χ0v) is 23.2. The van der Waals surface area contributed by atoms with Gasteiger partial charge in [0, 0.05) is 18.9 Å². The lowest BCUT2D eigenvalue weighted by molar-refractivity contribution is 0.0225. The lowest BCUT2D eigenvalue weighted by atomic mass is 9.88. The van der Waals surface area contributed by atoms with Crippen LogP contribution in [0.5, 0.6) is 0 Å². The van der Waals surface area contributed by atoms with Crippen LogP contribution in [0, 0.1) is 37.0 Å². The summed E-state index contributed by atoms with van der Waals surface area (Å²) >= 11 is 0. The third-order valence-corrected chi connectivity index (χ3v) is 14.6. The molecular weight excluding hydrogens is 404 g/mol. The Hall–Kier alpha value is -0.710. The smallest absolute Gasteiger partial charge is 0.190 e. The number of aryl methyl sites for hydroxylation is 3. The molecule has 0 fully saturated rings. The van der Waals surface area contributed by atoms with Gasteiger partial charge in [-0.2, -0.15) is 0 Å². The Balaban J connectivity index is 2.39. The van der Waals surface area contributed by atoms with Gasteiger partial charge >= 0.3 is 0 Å². The maximum atomic E-state index is 6.70. The first-order chi connectivity index (χ1) is 13.4. The van der Waals surface area contributed by atoms with Gasteiger partial charge in [0.25, 0.3) is 0 Å². The fraction of sp³-hybridized carbons (Fsp3) is 0.654. The third-order valence-electron chi connectivity index (χ3n) is 6.31. The molecule has 2 aliphatic heterocycles. The molecule has 3 atom stereocenters. The van der Waals surface area contributed by atoms with Gasteiger partial charge < -0.3 is 4.84 Å². The number of rotatable bonds is 1. The molecule has 1 aromatic rings. The molecule has 4 heteroatoms. The van der Waals surface area contributed by atoms with E-state index in [4.69, 9.17) is 9.99 Å². The van der Waals surface area contributed by atoms with E-state index < -0.39 is 15.8 Å². The Morgan fingerprint density at radius 2 is 1.27 bits per heavy atom. The van der Waals surface area contributed by atoms with Crippen molar-refractivity contribution in [2.75, 3.05) is 6.66 Å². The van der Waals surface area contributed by atoms with E-state index in [9.17, 15) is 0 Å². The highest BCUT2D eigenvalue weighted by molar-refractivity contribution is 7.93. The molecule has 0 aliphatic carbocycles. The molecule has 30 heavy (non-hydrogen) atoms. The van der Waals surface area contributed by atoms with E-state index >= 15 is 0 Å². The average Bonchev–Trinajstić information content (AvgIpc) is 3.01. The summed E-state index contributed by atoms with van der Waals surface area (Å²) in [7, 11) is -1.21. The molecule has 3 unspecified atom stereocenters. The van der Waals surface area contributed by atoms with Crippen molar-refractivity contribution in [3.8, 4) is 0 Å². The van der Waals surface area contributed by atoms with Crippen molar-refractivity contribution in [2.45, 2.75) is 88.2 Å². The predicted molar refractivity (Wildman–Crippen MR) is 136 cm³/mol. The highest BCUT2D eigenvalue weighted by atomic mass is 31.2. The Morgan fingerprint density at radius 3 is 1.67 bits per heavy atom. The highest BCUT2D eigenvalue weighted by Crippen LogP contribution is 2.90. The van der Waals surface area contributed by atoms with Crippen LogP contribution in [0.25, 0.3) is 0 Å². The van der Waals surface area contributed by atoms with E-state index in [1.165, 1.54) is 27.7 Å². The van der Waals surface area contributed by atoms with Crippen molar-refractivity contribution >= 4 is 21.3 Å². The van der Waals surface area contributed by atoms with E-state index in [0.717, 1.165) is 0 Å². The molecule has 0 radical (unpaired) electrons. The summed E-state index contributed by atoms with van der Waals surface area (Å²) in [6.07, 6.45) is 0. The predicted octanol–water partition coefficient (Wildman–Crippen LogP) is 8.91. The van der Waals surface area contributed by atoms with Crippen LogP contribution in [0.1, 0.15) is 84.6 Å². The highest BCUT2D eigenvalue weighted by Gasteiger charge is 2.68. The summed E-state index contributed by atoms with van der Waals surface area (Å²) in [5.41, 5.74) is 6.69. The van der Waals surface area contributed by atoms with Crippen LogP contribution in [-0.4, -0.2) is 17.2 Å². The molecule has 2 heterocycles. The number of nitrogens with zero attached hydrogens (tertiary/aromatic N) is 1. The summed E-state index contributed by atoms with van der Waals surface area (Å²) in [5, 5.41) is 7.99. The Morgan fingerprint density at radius 1 is 0.800 bits per heavy atom. The van der Waals surface area contributed by atoms with Gasteiger partial charge in [-0.25, -0.2) is 0 Å². The molecule has 0 saturated carbocycles. The largest absolute Gasteiger partial charge is 0.378 e. The first-order valence-electron chi connectivity index (χ1n) is 11.1. The van der Waals surface area contributed by atoms with Crippen LogP contribution in [0.2, 0.25) is 0 Å². The van der Waals surface area contributed by atoms with Crippen molar-refractivity contribution in [3.05, 3.63) is 45.0 Å². The first-order valence-corrected chi connectivity index (χ1v) is 14.2. The number of fused-ring (bicyclic) bond motifs is 1. The molecule has 2 aliphatic rings. The third kappa shape index (κ3) is 3.42. The van der Waals surface area contributed by atoms with Gasteiger partial charge in [0.2, 0.25) is 0 Å². The number of hydrogen-bond donors (Lipinski definition) is 0. The lowest BCUT2D eigenvalue weighted by Gasteiger charge is -2.45. The van der Waals surface area contributed by atoms with Crippen LogP contribution in [-0.2, 0) is 4.84 Å². The van der Waals surface area contributed by atoms with E-state index in [0.29, 0.717) is 0 Å². The first kappa shape index (κ1) is 23.9. The quantitative estimate of drug-likeness (QED) is 0.395. The Labute approximate surface area is 187 Å². The molecule has 1 aromatic carbocycles. The maximum Gasteiger partial charge on any atom is 0.190 e. The minimum Gasteiger partial charge on any atom is -0.378 e. The van der Waals surface area contributed by atoms with Gasteiger partial charge in [-0.1, -0.05) is 85.2 Å². The molecule has 3 rings (SSSR count). The summed E-state index contributed by atoms with van der Waals surface area (Å²) in [4.78, 5) is 6.70. The minimum atomic E-state index is -0.705. The molecule has 0 aromatic heterocycles. The second kappa shape index (κ2) is 7.15. The zero-order chi connectivity index (χ0) is 23.0. The zero-order valence-electron chi connectivity index (χ0n) is 21.4. The van der Waals surface area contributed by atoms with Gasteiger partial charge in [0.1, 0.15) is 5.45 Å². The van der Waals surface area contributed by atoms with Crippen molar-refractivity contribution in [3.63, 3.8) is 0 Å². The molecule has 0 N–H and O–H groups in total. The number of allylic oxidation sites excluding steroid dienone is 2. The van der Waals surface area contributed by atoms with Gasteiger partial charge in [-0.05, 0) is 67.9 Å². The standard InChI is InChI=1S/C26H41NOP2/c1-16-14-17(2)19(18(3)15-16)22-27-28-26(25(10,11)12)29(13)20(23(4,5)6)21(30(22)26)24(7,8)9/h14-15H,1-13H3. The van der Waals surface area contributed by atoms with Crippen LogP contribution in [0.15, 0.2) is 27.9 Å². The lowest BCUT2D eigenvalue weighted by Crippen LogP contribution is -2.38. The summed E-state index contributed by atoms with van der Waals surface area (Å²) < 4.78 is 0. The second-order valence-electron chi connectivity index (χ2n) is 12.2. The van der Waals surface area contributed by atoms with Crippen molar-refractivity contribution in [1.82, 2.24) is 0 Å². The number of benzene rings is 1. The second-order valence-corrected chi connectivity index (χ2v) is 16.9. The van der Waals surface area contributed by atoms with Crippen molar-refractivity contribution in [2.24, 2.45) is 21.4 Å². The summed E-state index contributed by atoms with van der Waals surface area (Å²) in [6.45, 7) is 30.5. The van der Waals surface area contributed by atoms with Crippen LogP contribution < -0.4 is 0 Å². The van der Waals surface area contributed by atoms with E-state index in [1.807, 2.05) is 0 Å². The molecule has 0 saturated heterocycles. The molecule has 166 valence electrons. The van der Waals surface area contributed by atoms with Gasteiger partial charge in [0.05, 0.1) is 0 Å². The summed E-state index contributed by atoms with van der Waals surface area (Å²) in [6, 6.07) is 4.60. The molecule has 0 amide bonds. The average molecular weight is 446 g/mol. The van der Waals surface area contributed by atoms with Crippen LogP contribution in [0.3, 0.4) is 0 Å². The molecule has 0 bridgehead atoms. The van der Waals surface area contributed by atoms with Gasteiger partial charge in [-0.15, -0.1) is 0 Å². The number of hydrogen-bond acceptors (Lipinski definition) is 2. The van der Waals surface area contributed by atoms with Gasteiger partial charge in [0.15, 0.2) is 5.08 Å². The van der Waals surface area contributed by atoms with Gasteiger partial charge in [-0.3, -0.25) is 0 Å². The monoisotopic (exact) mass is 445 g/mol. The maximum absolute atomic E-state index is 6.70. The number of oxime groups is 1. The Kier molecular flexibility index (Phi) is 5.70. The van der Waals surface area contributed by atoms with Crippen molar-refractivity contribution < 1.29 is 4.84 Å². The van der Waals surface area contributed by atoms with E-state index in [-0.39, 0.29) is 21.3 Å². The molecule has 2 nitrogen and oxygen atoms in total. The SMILES string of the molecule is Cc1cc(C)c(C2=NOC3(C(C)(C)C)P(C)C(C(C)(C)C)=C(C(C)(C)C)P23)c(C)c1. The topological polar surface area (TPSA) is 21.6 Å². The molecular formula is C26H41NOP2. The van der Waals surface area contributed by atoms with E-state index in [2.05, 4.69) is 102 Å².